The van der Waals surface area contributed by atoms with Gasteiger partial charge in [0.25, 0.3) is 11.4 Å². The van der Waals surface area contributed by atoms with E-state index in [1.165, 1.54) is 6.07 Å². The normalized spacial score (nSPS) is 14.8. The number of hydrogen-bond acceptors (Lipinski definition) is 6. The van der Waals surface area contributed by atoms with Crippen LogP contribution in [0.4, 0.5) is 25.8 Å². The molecule has 0 spiro atoms. The fourth-order valence-corrected chi connectivity index (χ4v) is 3.59. The summed E-state index contributed by atoms with van der Waals surface area (Å²) in [5, 5.41) is 13.7. The summed E-state index contributed by atoms with van der Waals surface area (Å²) < 4.78 is 24.7. The van der Waals surface area contributed by atoms with Crippen LogP contribution < -0.4 is 10.2 Å². The van der Waals surface area contributed by atoms with E-state index in [-0.39, 0.29) is 18.1 Å². The van der Waals surface area contributed by atoms with Crippen LogP contribution in [0.5, 0.6) is 0 Å². The highest BCUT2D eigenvalue weighted by Gasteiger charge is 2.20. The van der Waals surface area contributed by atoms with Gasteiger partial charge < -0.3 is 10.2 Å². The quantitative estimate of drug-likeness (QED) is 0.417. The van der Waals surface area contributed by atoms with Gasteiger partial charge in [0, 0.05) is 54.6 Å². The van der Waals surface area contributed by atoms with Gasteiger partial charge in [0.15, 0.2) is 0 Å². The predicted octanol–water partition coefficient (Wildman–Crippen LogP) is 3.67. The number of benzene rings is 2. The lowest BCUT2D eigenvalue weighted by molar-refractivity contribution is -0.384. The van der Waals surface area contributed by atoms with Gasteiger partial charge in [-0.3, -0.25) is 19.8 Å². The maximum Gasteiger partial charge on any atom is 0.288 e. The highest BCUT2D eigenvalue weighted by atomic mass is 32.2. The van der Waals surface area contributed by atoms with E-state index in [1.54, 1.807) is 36.4 Å². The minimum Gasteiger partial charge on any atom is -0.369 e. The molecule has 1 saturated heterocycles. The molecule has 0 atom stereocenters. The molecule has 0 aliphatic carbocycles. The molecule has 2 aromatic carbocycles. The van der Waals surface area contributed by atoms with Gasteiger partial charge in [-0.1, -0.05) is 17.8 Å². The molecular weight excluding hydrogens is 402 g/mol. The van der Waals surface area contributed by atoms with Crippen LogP contribution in [0.2, 0.25) is 0 Å². The van der Waals surface area contributed by atoms with Crippen LogP contribution in [0.15, 0.2) is 53.4 Å². The second kappa shape index (κ2) is 9.66. The number of nitrogens with zero attached hydrogens (tertiary/aromatic N) is 3. The van der Waals surface area contributed by atoms with Crippen molar-refractivity contribution in [3.63, 3.8) is 0 Å². The first-order valence-corrected chi connectivity index (χ1v) is 9.85. The van der Waals surface area contributed by atoms with E-state index in [1.807, 2.05) is 11.0 Å². The van der Waals surface area contributed by atoms with Gasteiger partial charge in [-0.05, 0) is 30.3 Å². The molecule has 0 aromatic heterocycles. The van der Waals surface area contributed by atoms with Crippen LogP contribution in [0.1, 0.15) is 0 Å². The number of anilines is 2. The zero-order chi connectivity index (χ0) is 20.8. The molecular formula is C19H20F2N4O3S. The van der Waals surface area contributed by atoms with E-state index in [4.69, 9.17) is 0 Å². The van der Waals surface area contributed by atoms with Crippen molar-refractivity contribution in [3.05, 3.63) is 58.6 Å². The Morgan fingerprint density at radius 2 is 1.83 bits per heavy atom. The number of piperazine rings is 1. The van der Waals surface area contributed by atoms with Gasteiger partial charge in [-0.25, -0.2) is 0 Å². The summed E-state index contributed by atoms with van der Waals surface area (Å²) in [7, 11) is 0. The third kappa shape index (κ3) is 6.13. The van der Waals surface area contributed by atoms with E-state index < -0.39 is 10.7 Å². The summed E-state index contributed by atoms with van der Waals surface area (Å²) >= 11 is 0.459. The summed E-state index contributed by atoms with van der Waals surface area (Å²) in [6, 6.07) is 12.8. The topological polar surface area (TPSA) is 78.7 Å². The van der Waals surface area contributed by atoms with E-state index in [2.05, 4.69) is 10.2 Å². The number of alkyl halides is 2. The molecule has 0 saturated carbocycles. The Bertz CT molecular complexity index is 859. The number of carbonyl (C=O) groups is 1. The number of halogens is 2. The number of rotatable bonds is 7. The summed E-state index contributed by atoms with van der Waals surface area (Å²) in [5.41, 5.74) is 1.41. The summed E-state index contributed by atoms with van der Waals surface area (Å²) in [5.74, 6) is -2.65. The van der Waals surface area contributed by atoms with Crippen molar-refractivity contribution in [1.29, 1.82) is 0 Å². The van der Waals surface area contributed by atoms with Gasteiger partial charge in [-0.15, -0.1) is 0 Å². The number of amides is 1. The molecule has 0 bridgehead atoms. The molecule has 0 radical (unpaired) electrons. The lowest BCUT2D eigenvalue weighted by atomic mass is 10.2. The van der Waals surface area contributed by atoms with E-state index in [0.717, 1.165) is 5.69 Å². The van der Waals surface area contributed by atoms with E-state index >= 15 is 0 Å². The summed E-state index contributed by atoms with van der Waals surface area (Å²) in [6.07, 6.45) is 0. The monoisotopic (exact) mass is 422 g/mol. The Hall–Kier alpha value is -2.72. The van der Waals surface area contributed by atoms with Crippen molar-refractivity contribution in [1.82, 2.24) is 4.90 Å². The second-order valence-corrected chi connectivity index (χ2v) is 7.55. The zero-order valence-electron chi connectivity index (χ0n) is 15.5. The number of nitrogens with one attached hydrogen (secondary N) is 1. The molecule has 3 rings (SSSR count). The van der Waals surface area contributed by atoms with Crippen molar-refractivity contribution < 1.29 is 18.5 Å². The smallest absolute Gasteiger partial charge is 0.288 e. The Morgan fingerprint density at radius 1 is 1.14 bits per heavy atom. The number of nitro benzene ring substituents is 1. The van der Waals surface area contributed by atoms with Gasteiger partial charge in [0.05, 0.1) is 11.5 Å². The molecule has 1 N–H and O–H groups in total. The second-order valence-electron chi connectivity index (χ2n) is 6.49. The van der Waals surface area contributed by atoms with Crippen LogP contribution in [-0.4, -0.2) is 54.2 Å². The molecule has 0 unspecified atom stereocenters. The van der Waals surface area contributed by atoms with E-state index in [0.29, 0.717) is 48.5 Å². The van der Waals surface area contributed by atoms with E-state index in [9.17, 15) is 23.7 Å². The maximum absolute atomic E-state index is 12.3. The van der Waals surface area contributed by atoms with Gasteiger partial charge in [-0.2, -0.15) is 8.78 Å². The Balaban J connectivity index is 1.47. The number of carbonyl (C=O) groups excluding carboxylic acids is 1. The first kappa shape index (κ1) is 21.0. The summed E-state index contributed by atoms with van der Waals surface area (Å²) in [6.45, 7) is 2.85. The number of nitro groups is 1. The Labute approximate surface area is 170 Å². The highest BCUT2D eigenvalue weighted by molar-refractivity contribution is 7.99. The van der Waals surface area contributed by atoms with Gasteiger partial charge in [0.2, 0.25) is 5.91 Å². The Kier molecular flexibility index (Phi) is 6.99. The molecule has 2 aromatic rings. The fraction of sp³-hybridized carbons (Fsp3) is 0.316. The van der Waals surface area contributed by atoms with Crippen LogP contribution in [0, 0.1) is 10.1 Å². The zero-order valence-corrected chi connectivity index (χ0v) is 16.3. The molecule has 1 amide bonds. The minimum absolute atomic E-state index is 0.0577. The third-order valence-corrected chi connectivity index (χ3v) is 5.23. The van der Waals surface area contributed by atoms with Crippen molar-refractivity contribution in [2.24, 2.45) is 0 Å². The summed E-state index contributed by atoms with van der Waals surface area (Å²) in [4.78, 5) is 27.3. The molecule has 1 heterocycles. The van der Waals surface area contributed by atoms with Gasteiger partial charge in [0.1, 0.15) is 0 Å². The average molecular weight is 422 g/mol. The SMILES string of the molecule is O=C(CN1CCN(c2cccc([N+](=O)[O-])c2)CC1)Nc1ccc(SC(F)F)cc1. The van der Waals surface area contributed by atoms with Crippen molar-refractivity contribution in [2.75, 3.05) is 42.9 Å². The minimum atomic E-state index is -2.48. The van der Waals surface area contributed by atoms with Crippen molar-refractivity contribution in [3.8, 4) is 0 Å². The average Bonchev–Trinajstić information content (AvgIpc) is 2.70. The number of non-ortho nitro benzene ring substituents is 1. The number of hydrogen-bond donors (Lipinski definition) is 1. The van der Waals surface area contributed by atoms with Crippen LogP contribution in [-0.2, 0) is 4.79 Å². The first-order chi connectivity index (χ1) is 13.9. The molecule has 7 nitrogen and oxygen atoms in total. The maximum atomic E-state index is 12.3. The molecule has 29 heavy (non-hydrogen) atoms. The lowest BCUT2D eigenvalue weighted by Gasteiger charge is -2.35. The largest absolute Gasteiger partial charge is 0.369 e. The first-order valence-electron chi connectivity index (χ1n) is 8.97. The van der Waals surface area contributed by atoms with Crippen LogP contribution in [0.3, 0.4) is 0 Å². The standard InChI is InChI=1S/C19H20F2N4O3S/c20-19(21)29-17-6-4-14(5-7-17)22-18(26)13-23-8-10-24(11-9-23)15-2-1-3-16(12-15)25(27)28/h1-7,12,19H,8-11,13H2,(H,22,26). The molecule has 1 fully saturated rings. The van der Waals surface area contributed by atoms with Crippen LogP contribution in [0.25, 0.3) is 0 Å². The molecule has 154 valence electrons. The van der Waals surface area contributed by atoms with Crippen molar-refractivity contribution >= 4 is 34.7 Å². The Morgan fingerprint density at radius 3 is 2.45 bits per heavy atom. The predicted molar refractivity (Wildman–Crippen MR) is 109 cm³/mol. The third-order valence-electron chi connectivity index (χ3n) is 4.51. The van der Waals surface area contributed by atoms with Gasteiger partial charge >= 0.3 is 0 Å². The lowest BCUT2D eigenvalue weighted by Crippen LogP contribution is -2.48. The number of thioether (sulfide) groups is 1. The fourth-order valence-electron chi connectivity index (χ4n) is 3.09. The molecule has 10 heteroatoms. The highest BCUT2D eigenvalue weighted by Crippen LogP contribution is 2.26. The van der Waals surface area contributed by atoms with Crippen LogP contribution >= 0.6 is 11.8 Å². The van der Waals surface area contributed by atoms with Crippen molar-refractivity contribution in [2.45, 2.75) is 10.7 Å². The molecule has 1 aliphatic rings. The molecule has 1 aliphatic heterocycles.